The molecule has 0 radical (unpaired) electrons. The Hall–Kier alpha value is -1.76. The van der Waals surface area contributed by atoms with Crippen LogP contribution in [0.5, 0.6) is 0 Å². The molecule has 1 aromatic carbocycles. The number of hydrogen-bond donors (Lipinski definition) is 1. The molecule has 0 aliphatic carbocycles. The minimum Gasteiger partial charge on any atom is -0.385 e. The van der Waals surface area contributed by atoms with Gasteiger partial charge in [0.25, 0.3) is 0 Å². The third-order valence-corrected chi connectivity index (χ3v) is 3.51. The van der Waals surface area contributed by atoms with Crippen LogP contribution in [0.2, 0.25) is 0 Å². The van der Waals surface area contributed by atoms with Crippen molar-refractivity contribution in [3.63, 3.8) is 0 Å². The second-order valence-electron chi connectivity index (χ2n) is 5.13. The van der Waals surface area contributed by atoms with Crippen molar-refractivity contribution in [3.05, 3.63) is 46.5 Å². The summed E-state index contributed by atoms with van der Waals surface area (Å²) in [6.07, 6.45) is 4.95. The van der Waals surface area contributed by atoms with Gasteiger partial charge in [-0.15, -0.1) is 0 Å². The van der Waals surface area contributed by atoms with Crippen LogP contribution in [-0.4, -0.2) is 47.0 Å². The smallest absolute Gasteiger partial charge is 0.217 e. The molecule has 1 heterocycles. The predicted octanol–water partition coefficient (Wildman–Crippen LogP) is 3.04. The maximum atomic E-state index is 5.29. The largest absolute Gasteiger partial charge is 0.385 e. The molecule has 0 amide bonds. The number of nitrogens with zero attached hydrogens (tertiary/aromatic N) is 3. The van der Waals surface area contributed by atoms with Crippen LogP contribution in [0, 0.1) is 4.77 Å². The number of aromatic amines is 1. The molecular weight excluding hydrogens is 296 g/mol. The highest BCUT2D eigenvalue weighted by molar-refractivity contribution is 7.71. The highest BCUT2D eigenvalue weighted by Crippen LogP contribution is 2.05. The zero-order valence-electron chi connectivity index (χ0n) is 13.0. The van der Waals surface area contributed by atoms with Crippen LogP contribution in [-0.2, 0) is 11.4 Å². The van der Waals surface area contributed by atoms with Gasteiger partial charge in [-0.1, -0.05) is 36.4 Å². The van der Waals surface area contributed by atoms with Gasteiger partial charge in [-0.2, -0.15) is 4.98 Å². The SMILES string of the molecule is COCCCN(C)Cn1[nH]c(/C=C/c2ccccc2)nc1=S. The van der Waals surface area contributed by atoms with Crippen LogP contribution in [0.4, 0.5) is 0 Å². The van der Waals surface area contributed by atoms with Gasteiger partial charge in [-0.3, -0.25) is 10.00 Å². The molecule has 5 nitrogen and oxygen atoms in total. The van der Waals surface area contributed by atoms with Gasteiger partial charge in [-0.25, -0.2) is 4.68 Å². The number of aromatic nitrogens is 3. The Morgan fingerprint density at radius 3 is 2.82 bits per heavy atom. The number of hydrogen-bond acceptors (Lipinski definition) is 4. The summed E-state index contributed by atoms with van der Waals surface area (Å²) in [5, 5.41) is 3.21. The zero-order chi connectivity index (χ0) is 15.8. The average Bonchev–Trinajstić information content (AvgIpc) is 2.87. The highest BCUT2D eigenvalue weighted by Gasteiger charge is 2.03. The fourth-order valence-electron chi connectivity index (χ4n) is 2.08. The van der Waals surface area contributed by atoms with Crippen molar-refractivity contribution in [2.45, 2.75) is 13.1 Å². The van der Waals surface area contributed by atoms with Crippen molar-refractivity contribution in [1.82, 2.24) is 19.7 Å². The summed E-state index contributed by atoms with van der Waals surface area (Å²) < 4.78 is 7.49. The summed E-state index contributed by atoms with van der Waals surface area (Å²) in [5.41, 5.74) is 1.13. The molecule has 0 unspecified atom stereocenters. The fraction of sp³-hybridized carbons (Fsp3) is 0.375. The Morgan fingerprint density at radius 1 is 1.32 bits per heavy atom. The van der Waals surface area contributed by atoms with Crippen molar-refractivity contribution in [2.24, 2.45) is 0 Å². The molecule has 0 bridgehead atoms. The van der Waals surface area contributed by atoms with Gasteiger partial charge in [0, 0.05) is 20.3 Å². The standard InChI is InChI=1S/C16H22N4OS/c1-19(11-6-12-21-2)13-20-16(22)17-15(18-20)10-9-14-7-4-3-5-8-14/h3-5,7-10H,6,11-13H2,1-2H3,(H,17,18,22)/b10-9+. The summed E-state index contributed by atoms with van der Waals surface area (Å²) in [7, 11) is 3.77. The van der Waals surface area contributed by atoms with Gasteiger partial charge in [0.15, 0.2) is 0 Å². The van der Waals surface area contributed by atoms with Crippen LogP contribution in [0.1, 0.15) is 17.8 Å². The Bertz CT molecular complexity index is 648. The van der Waals surface area contributed by atoms with Crippen molar-refractivity contribution in [1.29, 1.82) is 0 Å². The minimum atomic E-state index is 0.561. The lowest BCUT2D eigenvalue weighted by Gasteiger charge is -2.16. The van der Waals surface area contributed by atoms with Gasteiger partial charge >= 0.3 is 0 Å². The lowest BCUT2D eigenvalue weighted by molar-refractivity contribution is 0.168. The number of benzene rings is 1. The molecule has 0 spiro atoms. The molecule has 0 fully saturated rings. The number of ether oxygens (including phenoxy) is 1. The molecule has 22 heavy (non-hydrogen) atoms. The molecule has 6 heteroatoms. The van der Waals surface area contributed by atoms with E-state index in [1.807, 2.05) is 47.2 Å². The van der Waals surface area contributed by atoms with E-state index in [0.29, 0.717) is 11.4 Å². The monoisotopic (exact) mass is 318 g/mol. The van der Waals surface area contributed by atoms with E-state index in [2.05, 4.69) is 22.0 Å². The molecule has 0 aliphatic rings. The molecule has 0 aliphatic heterocycles. The Kier molecular flexibility index (Phi) is 6.51. The van der Waals surface area contributed by atoms with Crippen molar-refractivity contribution in [2.75, 3.05) is 27.3 Å². The molecule has 1 N–H and O–H groups in total. The quantitative estimate of drug-likeness (QED) is 0.600. The van der Waals surface area contributed by atoms with Crippen molar-refractivity contribution >= 4 is 24.4 Å². The summed E-state index contributed by atoms with van der Waals surface area (Å²) in [6, 6.07) is 10.1. The second kappa shape index (κ2) is 8.63. The van der Waals surface area contributed by atoms with Gasteiger partial charge < -0.3 is 4.74 Å². The van der Waals surface area contributed by atoms with Crippen LogP contribution < -0.4 is 0 Å². The Morgan fingerprint density at radius 2 is 2.09 bits per heavy atom. The van der Waals surface area contributed by atoms with E-state index in [0.717, 1.165) is 31.0 Å². The van der Waals surface area contributed by atoms with Crippen LogP contribution >= 0.6 is 12.2 Å². The topological polar surface area (TPSA) is 46.1 Å². The molecule has 2 aromatic rings. The first-order valence-corrected chi connectivity index (χ1v) is 7.67. The maximum absolute atomic E-state index is 5.29. The lowest BCUT2D eigenvalue weighted by atomic mass is 10.2. The van der Waals surface area contributed by atoms with E-state index in [1.54, 1.807) is 7.11 Å². The predicted molar refractivity (Wildman–Crippen MR) is 91.9 cm³/mol. The van der Waals surface area contributed by atoms with E-state index in [9.17, 15) is 0 Å². The summed E-state index contributed by atoms with van der Waals surface area (Å²) in [5.74, 6) is 0.763. The first kappa shape index (κ1) is 16.6. The first-order valence-electron chi connectivity index (χ1n) is 7.26. The molecule has 0 saturated heterocycles. The molecule has 0 atom stereocenters. The minimum absolute atomic E-state index is 0.561. The van der Waals surface area contributed by atoms with E-state index in [1.165, 1.54) is 0 Å². The molecule has 118 valence electrons. The maximum Gasteiger partial charge on any atom is 0.217 e. The lowest BCUT2D eigenvalue weighted by Crippen LogP contribution is -2.24. The van der Waals surface area contributed by atoms with Crippen molar-refractivity contribution < 1.29 is 4.74 Å². The Labute approximate surface area is 136 Å². The van der Waals surface area contributed by atoms with Gasteiger partial charge in [0.1, 0.15) is 5.82 Å². The average molecular weight is 318 g/mol. The number of rotatable bonds is 8. The summed E-state index contributed by atoms with van der Waals surface area (Å²) in [4.78, 5) is 6.54. The highest BCUT2D eigenvalue weighted by atomic mass is 32.1. The van der Waals surface area contributed by atoms with E-state index in [-0.39, 0.29) is 0 Å². The molecule has 0 saturated carbocycles. The molecular formula is C16H22N4OS. The van der Waals surface area contributed by atoms with Gasteiger partial charge in [0.2, 0.25) is 4.77 Å². The van der Waals surface area contributed by atoms with E-state index < -0.39 is 0 Å². The number of H-pyrrole nitrogens is 1. The fourth-order valence-corrected chi connectivity index (χ4v) is 2.28. The second-order valence-corrected chi connectivity index (χ2v) is 5.50. The van der Waals surface area contributed by atoms with Crippen LogP contribution in [0.15, 0.2) is 30.3 Å². The third-order valence-electron chi connectivity index (χ3n) is 3.20. The van der Waals surface area contributed by atoms with Gasteiger partial charge in [-0.05, 0) is 37.3 Å². The Balaban J connectivity index is 1.96. The van der Waals surface area contributed by atoms with E-state index in [4.69, 9.17) is 17.0 Å². The van der Waals surface area contributed by atoms with Crippen LogP contribution in [0.3, 0.4) is 0 Å². The summed E-state index contributed by atoms with van der Waals surface area (Å²) in [6.45, 7) is 2.41. The normalized spacial score (nSPS) is 11.6. The molecule has 1 aromatic heterocycles. The third kappa shape index (κ3) is 5.22. The van der Waals surface area contributed by atoms with Crippen molar-refractivity contribution in [3.8, 4) is 0 Å². The zero-order valence-corrected chi connectivity index (χ0v) is 13.8. The van der Waals surface area contributed by atoms with Gasteiger partial charge in [0.05, 0.1) is 6.67 Å². The summed E-state index contributed by atoms with van der Waals surface area (Å²) >= 11 is 5.29. The number of methoxy groups -OCH3 is 1. The first-order chi connectivity index (χ1) is 10.7. The molecule has 2 rings (SSSR count). The number of nitrogens with one attached hydrogen (secondary N) is 1. The van der Waals surface area contributed by atoms with Crippen LogP contribution in [0.25, 0.3) is 12.2 Å². The van der Waals surface area contributed by atoms with E-state index >= 15 is 0 Å².